The van der Waals surface area contributed by atoms with Crippen LogP contribution in [0.1, 0.15) is 65.0 Å². The summed E-state index contributed by atoms with van der Waals surface area (Å²) in [4.78, 5) is 33.7. The number of carbonyl (C=O) groups excluding carboxylic acids is 2. The lowest BCUT2D eigenvalue weighted by molar-refractivity contribution is -0.138. The van der Waals surface area contributed by atoms with Crippen molar-refractivity contribution >= 4 is 41.0 Å². The average Bonchev–Trinajstić information content (AvgIpc) is 3.29. The lowest BCUT2D eigenvalue weighted by Crippen LogP contribution is -2.40. The van der Waals surface area contributed by atoms with Gasteiger partial charge in [-0.2, -0.15) is 26.3 Å². The lowest BCUT2D eigenvalue weighted by Gasteiger charge is -2.18. The number of carbonyl (C=O) groups is 2. The van der Waals surface area contributed by atoms with Gasteiger partial charge in [-0.3, -0.25) is 20.1 Å². The number of nitrogens with zero attached hydrogens (tertiary/aromatic N) is 2. The van der Waals surface area contributed by atoms with E-state index in [0.717, 1.165) is 24.3 Å². The Bertz CT molecular complexity index is 1590. The van der Waals surface area contributed by atoms with Crippen LogP contribution in [0.4, 0.5) is 31.1 Å². The third-order valence-electron chi connectivity index (χ3n) is 6.60. The van der Waals surface area contributed by atoms with Gasteiger partial charge in [0.25, 0.3) is 0 Å². The number of aromatic nitrogens is 1. The molecule has 0 aliphatic carbocycles. The molecule has 1 aromatic heterocycles. The van der Waals surface area contributed by atoms with Gasteiger partial charge in [0.05, 0.1) is 51.9 Å². The van der Waals surface area contributed by atoms with E-state index in [1.807, 2.05) is 0 Å². The largest absolute Gasteiger partial charge is 0.417 e. The number of rotatable bonds is 6. The van der Waals surface area contributed by atoms with Gasteiger partial charge in [0.15, 0.2) is 0 Å². The van der Waals surface area contributed by atoms with E-state index in [1.165, 1.54) is 32.2 Å². The Balaban J connectivity index is 1.35. The predicted octanol–water partition coefficient (Wildman–Crippen LogP) is 7.17. The lowest BCUT2D eigenvalue weighted by atomic mass is 10.0. The highest BCUT2D eigenvalue weighted by molar-refractivity contribution is 6.31. The topological polar surface area (TPSA) is 95.5 Å². The number of fused-ring (bicyclic) bond motifs is 1. The fourth-order valence-electron chi connectivity index (χ4n) is 4.37. The number of alkyl halides is 6. The van der Waals surface area contributed by atoms with Crippen molar-refractivity contribution in [1.82, 2.24) is 20.9 Å². The molecule has 4 rings (SSSR count). The maximum absolute atomic E-state index is 13.2. The first-order valence-electron chi connectivity index (χ1n) is 12.7. The van der Waals surface area contributed by atoms with Gasteiger partial charge >= 0.3 is 18.4 Å². The summed E-state index contributed by atoms with van der Waals surface area (Å²) in [5, 5.41) is 6.85. The molecule has 0 saturated heterocycles. The predicted molar refractivity (Wildman–Crippen MR) is 148 cm³/mol. The zero-order valence-electron chi connectivity index (χ0n) is 22.4. The monoisotopic (exact) mass is 645 g/mol. The SMILES string of the molecule is C[C@@H](NC(=O)Cc1cc2c(cn1)C(NC(=O)N[C@H](C)c1ccc(Cl)c(C(F)(F)F)c1)=NC2)c1ccc(Cl)c(C(F)(F)F)c1. The third kappa shape index (κ3) is 7.77. The smallest absolute Gasteiger partial charge is 0.349 e. The van der Waals surface area contributed by atoms with Crippen molar-refractivity contribution in [1.29, 1.82) is 0 Å². The number of aliphatic imine (C=N–C) groups is 1. The molecule has 3 amide bonds. The summed E-state index contributed by atoms with van der Waals surface area (Å²) in [7, 11) is 0. The van der Waals surface area contributed by atoms with Gasteiger partial charge in [0, 0.05) is 11.8 Å². The molecule has 1 aliphatic rings. The minimum absolute atomic E-state index is 0.168. The van der Waals surface area contributed by atoms with Gasteiger partial charge in [-0.15, -0.1) is 0 Å². The summed E-state index contributed by atoms with van der Waals surface area (Å²) >= 11 is 11.3. The van der Waals surface area contributed by atoms with Crippen LogP contribution in [0.15, 0.2) is 53.7 Å². The van der Waals surface area contributed by atoms with E-state index in [-0.39, 0.29) is 29.9 Å². The summed E-state index contributed by atoms with van der Waals surface area (Å²) < 4.78 is 79.1. The van der Waals surface area contributed by atoms with E-state index in [4.69, 9.17) is 23.2 Å². The second kappa shape index (κ2) is 12.4. The summed E-state index contributed by atoms with van der Waals surface area (Å²) in [6.45, 7) is 3.22. The molecule has 43 heavy (non-hydrogen) atoms. The Morgan fingerprint density at radius 2 is 1.40 bits per heavy atom. The van der Waals surface area contributed by atoms with Crippen molar-refractivity contribution in [3.8, 4) is 0 Å². The Morgan fingerprint density at radius 3 is 1.93 bits per heavy atom. The minimum Gasteiger partial charge on any atom is -0.349 e. The molecule has 228 valence electrons. The van der Waals surface area contributed by atoms with Crippen LogP contribution in [0.2, 0.25) is 10.0 Å². The van der Waals surface area contributed by atoms with Gasteiger partial charge in [-0.1, -0.05) is 35.3 Å². The molecule has 0 bridgehead atoms. The number of hydrogen-bond donors (Lipinski definition) is 3. The zero-order valence-corrected chi connectivity index (χ0v) is 23.9. The summed E-state index contributed by atoms with van der Waals surface area (Å²) in [6, 6.07) is 6.13. The maximum Gasteiger partial charge on any atom is 0.417 e. The molecule has 3 N–H and O–H groups in total. The Hall–Kier alpha value is -3.84. The fourth-order valence-corrected chi connectivity index (χ4v) is 4.82. The molecule has 2 aromatic carbocycles. The molecule has 7 nitrogen and oxygen atoms in total. The van der Waals surface area contributed by atoms with Crippen LogP contribution < -0.4 is 16.0 Å². The van der Waals surface area contributed by atoms with E-state index in [1.54, 1.807) is 6.07 Å². The molecule has 2 heterocycles. The third-order valence-corrected chi connectivity index (χ3v) is 7.26. The van der Waals surface area contributed by atoms with Crippen molar-refractivity contribution in [2.45, 2.75) is 51.2 Å². The zero-order chi connectivity index (χ0) is 31.7. The number of hydrogen-bond acceptors (Lipinski definition) is 4. The van der Waals surface area contributed by atoms with Crippen molar-refractivity contribution < 1.29 is 35.9 Å². The van der Waals surface area contributed by atoms with Crippen LogP contribution in [0.5, 0.6) is 0 Å². The van der Waals surface area contributed by atoms with Crippen LogP contribution in [-0.4, -0.2) is 22.8 Å². The van der Waals surface area contributed by atoms with Crippen molar-refractivity contribution in [3.63, 3.8) is 0 Å². The average molecular weight is 646 g/mol. The van der Waals surface area contributed by atoms with Gasteiger partial charge < -0.3 is 10.6 Å². The van der Waals surface area contributed by atoms with Crippen LogP contribution in [0, 0.1) is 0 Å². The molecule has 0 fully saturated rings. The van der Waals surface area contributed by atoms with Crippen molar-refractivity contribution in [2.75, 3.05) is 0 Å². The normalized spacial score (nSPS) is 14.4. The summed E-state index contributed by atoms with van der Waals surface area (Å²) in [5.74, 6) is -0.294. The van der Waals surface area contributed by atoms with Crippen LogP contribution in [0.25, 0.3) is 0 Å². The molecule has 0 unspecified atom stereocenters. The molecule has 15 heteroatoms. The summed E-state index contributed by atoms with van der Waals surface area (Å²) in [5.41, 5.74) is -0.0759. The van der Waals surface area contributed by atoms with Crippen molar-refractivity contribution in [2.24, 2.45) is 4.99 Å². The standard InChI is InChI=1S/C28H23Cl2F6N5O2/c1-13(15-3-5-22(29)20(8-15)27(31,32)33)39-24(42)10-18-7-17-11-38-25(19(17)12-37-18)41-26(43)40-14(2)16-4-6-23(30)21(9-16)28(34,35)36/h3-9,12-14H,10-11H2,1-2H3,(H,39,42)(H2,38,40,41,43)/t13-,14-/m1/s1. The first-order chi connectivity index (χ1) is 20.0. The van der Waals surface area contributed by atoms with E-state index in [2.05, 4.69) is 25.9 Å². The van der Waals surface area contributed by atoms with Gasteiger partial charge in [0.2, 0.25) is 5.91 Å². The molecule has 0 saturated carbocycles. The van der Waals surface area contributed by atoms with E-state index in [0.29, 0.717) is 16.8 Å². The number of urea groups is 1. The van der Waals surface area contributed by atoms with E-state index < -0.39 is 57.5 Å². The number of amidine groups is 1. The van der Waals surface area contributed by atoms with Gasteiger partial charge in [0.1, 0.15) is 5.84 Å². The summed E-state index contributed by atoms with van der Waals surface area (Å²) in [6.07, 6.45) is -8.05. The Morgan fingerprint density at radius 1 is 0.860 bits per heavy atom. The molecule has 0 radical (unpaired) electrons. The molecule has 1 aliphatic heterocycles. The molecule has 2 atom stereocenters. The molecule has 3 aromatic rings. The van der Waals surface area contributed by atoms with E-state index >= 15 is 0 Å². The number of nitrogens with one attached hydrogen (secondary N) is 3. The highest BCUT2D eigenvalue weighted by Crippen LogP contribution is 2.37. The van der Waals surface area contributed by atoms with Gasteiger partial charge in [-0.25, -0.2) is 4.79 Å². The van der Waals surface area contributed by atoms with Crippen LogP contribution in [0.3, 0.4) is 0 Å². The Labute approximate surface area is 251 Å². The van der Waals surface area contributed by atoms with Crippen molar-refractivity contribution in [3.05, 3.63) is 97.8 Å². The van der Waals surface area contributed by atoms with E-state index in [9.17, 15) is 35.9 Å². The quantitative estimate of drug-likeness (QED) is 0.248. The first-order valence-corrected chi connectivity index (χ1v) is 13.4. The molecular weight excluding hydrogens is 623 g/mol. The Kier molecular flexibility index (Phi) is 9.26. The van der Waals surface area contributed by atoms with Crippen LogP contribution >= 0.6 is 23.2 Å². The highest BCUT2D eigenvalue weighted by atomic mass is 35.5. The molecular formula is C28H23Cl2F6N5O2. The number of pyridine rings is 1. The number of halogens is 8. The first kappa shape index (κ1) is 32.1. The second-order valence-electron chi connectivity index (χ2n) is 9.76. The second-order valence-corrected chi connectivity index (χ2v) is 10.6. The van der Waals surface area contributed by atoms with Gasteiger partial charge in [-0.05, 0) is 60.9 Å². The maximum atomic E-state index is 13.2. The minimum atomic E-state index is -4.65. The highest BCUT2D eigenvalue weighted by Gasteiger charge is 2.35. The number of amides is 3. The fraction of sp³-hybridized carbons (Fsp3) is 0.286. The number of benzene rings is 2. The van der Waals surface area contributed by atoms with Crippen LogP contribution in [-0.2, 0) is 30.1 Å². The molecule has 0 spiro atoms.